The number of ether oxygens (including phenoxy) is 2. The Labute approximate surface area is 156 Å². The summed E-state index contributed by atoms with van der Waals surface area (Å²) in [5, 5.41) is 0. The first-order valence-electron chi connectivity index (χ1n) is 9.94. The number of piperidine rings is 2. The van der Waals surface area contributed by atoms with E-state index in [1.165, 1.54) is 6.42 Å². The predicted octanol–water partition coefficient (Wildman–Crippen LogP) is 2.69. The fraction of sp³-hybridized carbons (Fsp3) is 0.895. The molecule has 0 aromatic rings. The number of hydrogen-bond donors (Lipinski definition) is 0. The van der Waals surface area contributed by atoms with E-state index in [2.05, 4.69) is 0 Å². The van der Waals surface area contributed by atoms with E-state index in [-0.39, 0.29) is 17.7 Å². The van der Waals surface area contributed by atoms with Crippen molar-refractivity contribution in [1.29, 1.82) is 0 Å². The molecule has 148 valence electrons. The SMILES string of the molecule is CC(C)(C)OC(=O)N1CCC2(CC1)CN(C(=O)N1CCCCC1)CCO2. The second-order valence-corrected chi connectivity index (χ2v) is 8.75. The van der Waals surface area contributed by atoms with Crippen LogP contribution in [0, 0.1) is 0 Å². The topological polar surface area (TPSA) is 62.3 Å². The Morgan fingerprint density at radius 1 is 0.885 bits per heavy atom. The van der Waals surface area contributed by atoms with E-state index in [0.29, 0.717) is 32.8 Å². The van der Waals surface area contributed by atoms with Crippen molar-refractivity contribution in [3.63, 3.8) is 0 Å². The maximum Gasteiger partial charge on any atom is 0.410 e. The van der Waals surface area contributed by atoms with Crippen molar-refractivity contribution < 1.29 is 19.1 Å². The van der Waals surface area contributed by atoms with E-state index in [1.807, 2.05) is 30.6 Å². The third kappa shape index (κ3) is 4.61. The maximum atomic E-state index is 12.8. The number of urea groups is 1. The van der Waals surface area contributed by atoms with Crippen LogP contribution in [-0.4, -0.2) is 83.9 Å². The van der Waals surface area contributed by atoms with Gasteiger partial charge >= 0.3 is 12.1 Å². The minimum absolute atomic E-state index is 0.155. The standard InChI is InChI=1S/C19H33N3O4/c1-18(2,3)26-17(24)21-11-7-19(8-12-21)15-22(13-14-25-19)16(23)20-9-5-4-6-10-20/h4-15H2,1-3H3. The minimum Gasteiger partial charge on any atom is -0.444 e. The molecular weight excluding hydrogens is 334 g/mol. The van der Waals surface area contributed by atoms with Crippen molar-refractivity contribution >= 4 is 12.1 Å². The van der Waals surface area contributed by atoms with E-state index >= 15 is 0 Å². The van der Waals surface area contributed by atoms with E-state index in [1.54, 1.807) is 4.90 Å². The number of likely N-dealkylation sites (tertiary alicyclic amines) is 2. The molecule has 0 unspecified atom stereocenters. The molecule has 3 aliphatic rings. The van der Waals surface area contributed by atoms with Gasteiger partial charge in [-0.25, -0.2) is 9.59 Å². The molecule has 3 saturated heterocycles. The maximum absolute atomic E-state index is 12.8. The van der Waals surface area contributed by atoms with Gasteiger partial charge in [0.15, 0.2) is 0 Å². The number of hydrogen-bond acceptors (Lipinski definition) is 4. The lowest BCUT2D eigenvalue weighted by molar-refractivity contribution is -0.127. The number of nitrogens with zero attached hydrogens (tertiary/aromatic N) is 3. The van der Waals surface area contributed by atoms with Crippen molar-refractivity contribution in [2.24, 2.45) is 0 Å². The monoisotopic (exact) mass is 367 g/mol. The molecule has 3 heterocycles. The third-order valence-electron chi connectivity index (χ3n) is 5.47. The number of rotatable bonds is 0. The van der Waals surface area contributed by atoms with Gasteiger partial charge in [-0.15, -0.1) is 0 Å². The Hall–Kier alpha value is -1.50. The highest BCUT2D eigenvalue weighted by molar-refractivity contribution is 5.74. The fourth-order valence-electron chi connectivity index (χ4n) is 4.02. The second-order valence-electron chi connectivity index (χ2n) is 8.75. The highest BCUT2D eigenvalue weighted by atomic mass is 16.6. The summed E-state index contributed by atoms with van der Waals surface area (Å²) in [5.74, 6) is 0. The number of carbonyl (C=O) groups is 2. The molecule has 0 radical (unpaired) electrons. The molecule has 7 nitrogen and oxygen atoms in total. The lowest BCUT2D eigenvalue weighted by atomic mass is 9.89. The van der Waals surface area contributed by atoms with E-state index in [0.717, 1.165) is 38.8 Å². The van der Waals surface area contributed by atoms with Crippen LogP contribution >= 0.6 is 0 Å². The molecular formula is C19H33N3O4. The molecule has 0 N–H and O–H groups in total. The van der Waals surface area contributed by atoms with Crippen LogP contribution in [-0.2, 0) is 9.47 Å². The predicted molar refractivity (Wildman–Crippen MR) is 98.1 cm³/mol. The largest absolute Gasteiger partial charge is 0.444 e. The fourth-order valence-corrected chi connectivity index (χ4v) is 4.02. The summed E-state index contributed by atoms with van der Waals surface area (Å²) in [6.45, 7) is 10.5. The Bertz CT molecular complexity index is 517. The Morgan fingerprint density at radius 3 is 2.15 bits per heavy atom. The number of amides is 3. The third-order valence-corrected chi connectivity index (χ3v) is 5.47. The molecule has 1 spiro atoms. The Balaban J connectivity index is 1.54. The van der Waals surface area contributed by atoms with Crippen LogP contribution in [0.1, 0.15) is 52.9 Å². The zero-order chi connectivity index (χ0) is 18.8. The van der Waals surface area contributed by atoms with Crippen LogP contribution in [0.2, 0.25) is 0 Å². The van der Waals surface area contributed by atoms with Gasteiger partial charge in [-0.3, -0.25) is 0 Å². The van der Waals surface area contributed by atoms with Gasteiger partial charge in [0.05, 0.1) is 18.8 Å². The van der Waals surface area contributed by atoms with Crippen LogP contribution in [0.3, 0.4) is 0 Å². The first-order chi connectivity index (χ1) is 12.3. The average molecular weight is 367 g/mol. The first kappa shape index (κ1) is 19.3. The molecule has 0 bridgehead atoms. The van der Waals surface area contributed by atoms with E-state index < -0.39 is 5.60 Å². The van der Waals surface area contributed by atoms with E-state index in [9.17, 15) is 9.59 Å². The quantitative estimate of drug-likeness (QED) is 0.660. The van der Waals surface area contributed by atoms with Crippen LogP contribution in [0.25, 0.3) is 0 Å². The average Bonchev–Trinajstić information content (AvgIpc) is 2.61. The van der Waals surface area contributed by atoms with Crippen LogP contribution in [0.4, 0.5) is 9.59 Å². The zero-order valence-corrected chi connectivity index (χ0v) is 16.5. The highest BCUT2D eigenvalue weighted by Gasteiger charge is 2.43. The van der Waals surface area contributed by atoms with Gasteiger partial charge in [0, 0.05) is 32.7 Å². The van der Waals surface area contributed by atoms with Crippen molar-refractivity contribution in [1.82, 2.24) is 14.7 Å². The molecule has 3 aliphatic heterocycles. The molecule has 0 aliphatic carbocycles. The smallest absolute Gasteiger partial charge is 0.410 e. The van der Waals surface area contributed by atoms with Gasteiger partial charge in [-0.2, -0.15) is 0 Å². The van der Waals surface area contributed by atoms with Crippen molar-refractivity contribution in [2.75, 3.05) is 45.9 Å². The minimum atomic E-state index is -0.481. The summed E-state index contributed by atoms with van der Waals surface area (Å²) in [6.07, 6.45) is 4.66. The van der Waals surface area contributed by atoms with Crippen molar-refractivity contribution in [2.45, 2.75) is 64.1 Å². The first-order valence-corrected chi connectivity index (χ1v) is 9.94. The van der Waals surface area contributed by atoms with Crippen LogP contribution in [0.15, 0.2) is 0 Å². The number of morpholine rings is 1. The van der Waals surface area contributed by atoms with Gasteiger partial charge in [0.25, 0.3) is 0 Å². The summed E-state index contributed by atoms with van der Waals surface area (Å²) < 4.78 is 11.6. The van der Waals surface area contributed by atoms with Gasteiger partial charge in [0.2, 0.25) is 0 Å². The molecule has 3 amide bonds. The van der Waals surface area contributed by atoms with Gasteiger partial charge < -0.3 is 24.2 Å². The molecule has 3 rings (SSSR count). The van der Waals surface area contributed by atoms with Gasteiger partial charge in [-0.1, -0.05) is 0 Å². The summed E-state index contributed by atoms with van der Waals surface area (Å²) in [7, 11) is 0. The molecule has 0 atom stereocenters. The lowest BCUT2D eigenvalue weighted by Gasteiger charge is -2.48. The molecule has 0 aromatic heterocycles. The van der Waals surface area contributed by atoms with Crippen LogP contribution < -0.4 is 0 Å². The van der Waals surface area contributed by atoms with Gasteiger partial charge in [0.1, 0.15) is 5.60 Å². The molecule has 0 saturated carbocycles. The second kappa shape index (κ2) is 7.62. The molecule has 3 fully saturated rings. The Morgan fingerprint density at radius 2 is 1.54 bits per heavy atom. The number of carbonyl (C=O) groups excluding carboxylic acids is 2. The summed E-state index contributed by atoms with van der Waals surface area (Å²) >= 11 is 0. The van der Waals surface area contributed by atoms with Crippen molar-refractivity contribution in [3.05, 3.63) is 0 Å². The zero-order valence-electron chi connectivity index (χ0n) is 16.5. The Kier molecular flexibility index (Phi) is 5.65. The summed E-state index contributed by atoms with van der Waals surface area (Å²) in [5.41, 5.74) is -0.798. The highest BCUT2D eigenvalue weighted by Crippen LogP contribution is 2.31. The molecule has 26 heavy (non-hydrogen) atoms. The van der Waals surface area contributed by atoms with Crippen molar-refractivity contribution in [3.8, 4) is 0 Å². The molecule has 7 heteroatoms. The van der Waals surface area contributed by atoms with E-state index in [4.69, 9.17) is 9.47 Å². The normalized spacial score (nSPS) is 23.9. The summed E-state index contributed by atoms with van der Waals surface area (Å²) in [4.78, 5) is 30.8. The lowest BCUT2D eigenvalue weighted by Crippen LogP contribution is -2.60. The molecule has 0 aromatic carbocycles. The van der Waals surface area contributed by atoms with Gasteiger partial charge in [-0.05, 0) is 52.9 Å². The van der Waals surface area contributed by atoms with Crippen LogP contribution in [0.5, 0.6) is 0 Å². The summed E-state index contributed by atoms with van der Waals surface area (Å²) in [6, 6.07) is 0.155.